The summed E-state index contributed by atoms with van der Waals surface area (Å²) in [6, 6.07) is 11.9. The number of H-pyrrole nitrogens is 1. The summed E-state index contributed by atoms with van der Waals surface area (Å²) in [5.41, 5.74) is 3.22. The Morgan fingerprint density at radius 2 is 1.84 bits per heavy atom. The lowest BCUT2D eigenvalue weighted by Crippen LogP contribution is -2.12. The number of aromatic nitrogens is 4. The molecule has 0 spiro atoms. The molecule has 1 aromatic carbocycles. The van der Waals surface area contributed by atoms with Gasteiger partial charge in [0.05, 0.1) is 5.69 Å². The van der Waals surface area contributed by atoms with Crippen LogP contribution in [0.5, 0.6) is 0 Å². The second-order valence-corrected chi connectivity index (χ2v) is 4.79. The van der Waals surface area contributed by atoms with Crippen molar-refractivity contribution >= 4 is 5.65 Å². The Morgan fingerprint density at radius 3 is 2.53 bits per heavy atom. The molecule has 3 aromatic rings. The minimum atomic E-state index is -0.323. The van der Waals surface area contributed by atoms with Crippen LogP contribution < -0.4 is 5.69 Å². The van der Waals surface area contributed by atoms with Crippen LogP contribution >= 0.6 is 0 Å². The van der Waals surface area contributed by atoms with Gasteiger partial charge in [-0.25, -0.2) is 9.89 Å². The quantitative estimate of drug-likeness (QED) is 0.762. The van der Waals surface area contributed by atoms with Crippen LogP contribution in [0.3, 0.4) is 0 Å². The maximum Gasteiger partial charge on any atom is 0.364 e. The highest BCUT2D eigenvalue weighted by Gasteiger charge is 2.05. The molecule has 0 aliphatic heterocycles. The monoisotopic (exact) mass is 254 g/mol. The van der Waals surface area contributed by atoms with E-state index in [2.05, 4.69) is 41.3 Å². The first-order chi connectivity index (χ1) is 9.15. The number of nitrogens with zero attached hydrogens (tertiary/aromatic N) is 3. The molecule has 1 N–H and O–H groups in total. The molecule has 5 heteroatoms. The van der Waals surface area contributed by atoms with Crippen LogP contribution in [0.4, 0.5) is 0 Å². The van der Waals surface area contributed by atoms with Crippen molar-refractivity contribution < 1.29 is 0 Å². The molecule has 5 nitrogen and oxygen atoms in total. The number of nitrogens with one attached hydrogen (secondary N) is 1. The van der Waals surface area contributed by atoms with Crippen molar-refractivity contribution in [1.29, 1.82) is 0 Å². The number of benzene rings is 1. The van der Waals surface area contributed by atoms with E-state index < -0.39 is 0 Å². The first-order valence-electron chi connectivity index (χ1n) is 6.20. The molecule has 0 aliphatic carbocycles. The standard InChI is InChI=1S/C14H14N4O/c1-9(2)10-3-5-11(6-4-10)12-7-8-13-15-16-14(19)18(13)17-12/h3-9H,1-2H3,(H,16,19). The number of fused-ring (bicyclic) bond motifs is 1. The number of aromatic amines is 1. The first kappa shape index (κ1) is 11.6. The van der Waals surface area contributed by atoms with Crippen molar-refractivity contribution in [2.24, 2.45) is 0 Å². The van der Waals surface area contributed by atoms with E-state index in [1.54, 1.807) is 6.07 Å². The molecule has 2 heterocycles. The van der Waals surface area contributed by atoms with Crippen LogP contribution in [-0.2, 0) is 0 Å². The van der Waals surface area contributed by atoms with Crippen molar-refractivity contribution in [3.8, 4) is 11.3 Å². The summed E-state index contributed by atoms with van der Waals surface area (Å²) in [6.45, 7) is 4.31. The van der Waals surface area contributed by atoms with Gasteiger partial charge in [0.1, 0.15) is 0 Å². The van der Waals surface area contributed by atoms with Crippen LogP contribution in [0.25, 0.3) is 16.9 Å². The Bertz CT molecular complexity index is 768. The largest absolute Gasteiger partial charge is 0.364 e. The summed E-state index contributed by atoms with van der Waals surface area (Å²) in [6.07, 6.45) is 0. The summed E-state index contributed by atoms with van der Waals surface area (Å²) in [4.78, 5) is 11.5. The van der Waals surface area contributed by atoms with Gasteiger partial charge in [0.2, 0.25) is 0 Å². The van der Waals surface area contributed by atoms with Crippen molar-refractivity contribution in [1.82, 2.24) is 19.8 Å². The lowest BCUT2D eigenvalue weighted by molar-refractivity contribution is 0.865. The molecule has 0 bridgehead atoms. The Morgan fingerprint density at radius 1 is 1.11 bits per heavy atom. The average Bonchev–Trinajstić information content (AvgIpc) is 2.80. The predicted molar refractivity (Wildman–Crippen MR) is 73.1 cm³/mol. The topological polar surface area (TPSA) is 63.0 Å². The number of hydrogen-bond acceptors (Lipinski definition) is 3. The molecular weight excluding hydrogens is 240 g/mol. The molecular formula is C14H14N4O. The van der Waals surface area contributed by atoms with Gasteiger partial charge in [-0.1, -0.05) is 38.1 Å². The van der Waals surface area contributed by atoms with Crippen molar-refractivity contribution in [3.05, 3.63) is 52.4 Å². The molecule has 0 saturated heterocycles. The van der Waals surface area contributed by atoms with Gasteiger partial charge in [0.25, 0.3) is 0 Å². The molecule has 0 radical (unpaired) electrons. The molecule has 0 unspecified atom stereocenters. The fraction of sp³-hybridized carbons (Fsp3) is 0.214. The van der Waals surface area contributed by atoms with Gasteiger partial charge < -0.3 is 0 Å². The number of rotatable bonds is 2. The smallest absolute Gasteiger partial charge is 0.244 e. The predicted octanol–water partition coefficient (Wildman–Crippen LogP) is 2.21. The van der Waals surface area contributed by atoms with Gasteiger partial charge in [-0.2, -0.15) is 14.7 Å². The zero-order valence-corrected chi connectivity index (χ0v) is 10.8. The van der Waals surface area contributed by atoms with Gasteiger partial charge >= 0.3 is 5.69 Å². The van der Waals surface area contributed by atoms with Crippen LogP contribution in [0, 0.1) is 0 Å². The lowest BCUT2D eigenvalue weighted by Gasteiger charge is -2.06. The van der Waals surface area contributed by atoms with Gasteiger partial charge in [0.15, 0.2) is 5.65 Å². The maximum absolute atomic E-state index is 11.5. The zero-order chi connectivity index (χ0) is 13.4. The summed E-state index contributed by atoms with van der Waals surface area (Å²) in [5.74, 6) is 0.501. The van der Waals surface area contributed by atoms with E-state index in [4.69, 9.17) is 0 Å². The molecule has 0 aliphatic rings. The highest BCUT2D eigenvalue weighted by atomic mass is 16.2. The molecule has 3 rings (SSSR count). The molecule has 0 atom stereocenters. The Balaban J connectivity index is 2.08. The Labute approximate surface area is 109 Å². The van der Waals surface area contributed by atoms with E-state index in [0.717, 1.165) is 11.3 Å². The lowest BCUT2D eigenvalue weighted by atomic mass is 10.0. The van der Waals surface area contributed by atoms with Gasteiger partial charge in [-0.3, -0.25) is 0 Å². The molecule has 2 aromatic heterocycles. The third-order valence-electron chi connectivity index (χ3n) is 3.15. The van der Waals surface area contributed by atoms with Crippen LogP contribution in [0.1, 0.15) is 25.3 Å². The van der Waals surface area contributed by atoms with E-state index in [9.17, 15) is 4.79 Å². The molecule has 96 valence electrons. The van der Waals surface area contributed by atoms with Gasteiger partial charge in [0, 0.05) is 5.56 Å². The Hall–Kier alpha value is -2.43. The summed E-state index contributed by atoms with van der Waals surface area (Å²) in [5, 5.41) is 10.5. The van der Waals surface area contributed by atoms with Gasteiger partial charge in [-0.15, -0.1) is 0 Å². The second kappa shape index (κ2) is 4.35. The second-order valence-electron chi connectivity index (χ2n) is 4.79. The van der Waals surface area contributed by atoms with E-state index in [0.29, 0.717) is 11.6 Å². The van der Waals surface area contributed by atoms with E-state index in [1.165, 1.54) is 10.1 Å². The summed E-state index contributed by atoms with van der Waals surface area (Å²) in [7, 11) is 0. The van der Waals surface area contributed by atoms with Crippen LogP contribution in [0.15, 0.2) is 41.2 Å². The van der Waals surface area contributed by atoms with E-state index in [-0.39, 0.29) is 5.69 Å². The highest BCUT2D eigenvalue weighted by molar-refractivity contribution is 5.60. The van der Waals surface area contributed by atoms with E-state index >= 15 is 0 Å². The molecule has 19 heavy (non-hydrogen) atoms. The van der Waals surface area contributed by atoms with Crippen molar-refractivity contribution in [2.45, 2.75) is 19.8 Å². The fourth-order valence-electron chi connectivity index (χ4n) is 2.00. The highest BCUT2D eigenvalue weighted by Crippen LogP contribution is 2.20. The SMILES string of the molecule is CC(C)c1ccc(-c2ccc3n[nH]c(=O)n3n2)cc1. The Kier molecular flexibility index (Phi) is 2.67. The normalized spacial score (nSPS) is 11.3. The molecule has 0 fully saturated rings. The zero-order valence-electron chi connectivity index (χ0n) is 10.8. The van der Waals surface area contributed by atoms with Crippen LogP contribution in [-0.4, -0.2) is 19.8 Å². The average molecular weight is 254 g/mol. The third-order valence-corrected chi connectivity index (χ3v) is 3.15. The van der Waals surface area contributed by atoms with Crippen molar-refractivity contribution in [2.75, 3.05) is 0 Å². The summed E-state index contributed by atoms with van der Waals surface area (Å²) >= 11 is 0. The van der Waals surface area contributed by atoms with E-state index in [1.807, 2.05) is 18.2 Å². The molecule has 0 amide bonds. The van der Waals surface area contributed by atoms with Crippen molar-refractivity contribution in [3.63, 3.8) is 0 Å². The molecule has 0 saturated carbocycles. The first-order valence-corrected chi connectivity index (χ1v) is 6.20. The summed E-state index contributed by atoms with van der Waals surface area (Å²) < 4.78 is 1.27. The van der Waals surface area contributed by atoms with Crippen LogP contribution in [0.2, 0.25) is 0 Å². The minimum Gasteiger partial charge on any atom is -0.244 e. The number of hydrogen-bond donors (Lipinski definition) is 1. The van der Waals surface area contributed by atoms with Gasteiger partial charge in [-0.05, 0) is 23.6 Å². The maximum atomic E-state index is 11.5. The minimum absolute atomic E-state index is 0.323. The third kappa shape index (κ3) is 2.03. The fourth-order valence-corrected chi connectivity index (χ4v) is 2.00.